The van der Waals surface area contributed by atoms with E-state index in [0.717, 1.165) is 24.0 Å². The van der Waals surface area contributed by atoms with Gasteiger partial charge in [-0.2, -0.15) is 12.7 Å². The van der Waals surface area contributed by atoms with E-state index < -0.39 is 10.2 Å². The predicted octanol–water partition coefficient (Wildman–Crippen LogP) is 1.64. The minimum absolute atomic E-state index is 0.593. The van der Waals surface area contributed by atoms with E-state index in [0.29, 0.717) is 24.5 Å². The Kier molecular flexibility index (Phi) is 3.49. The quantitative estimate of drug-likeness (QED) is 0.819. The van der Waals surface area contributed by atoms with Crippen LogP contribution in [0, 0.1) is 13.8 Å². The van der Waals surface area contributed by atoms with Crippen LogP contribution >= 0.6 is 0 Å². The summed E-state index contributed by atoms with van der Waals surface area (Å²) in [5.41, 5.74) is 8.66. The molecule has 0 spiro atoms. The zero-order valence-corrected chi connectivity index (χ0v) is 11.5. The second-order valence-electron chi connectivity index (χ2n) is 4.68. The molecule has 0 atom stereocenters. The zero-order valence-electron chi connectivity index (χ0n) is 10.7. The number of nitrogens with one attached hydrogen (secondary N) is 1. The Morgan fingerprint density at radius 1 is 1.22 bits per heavy atom. The number of nitrogen functional groups attached to an aromatic ring is 1. The number of rotatable bonds is 3. The lowest BCUT2D eigenvalue weighted by Crippen LogP contribution is -2.33. The summed E-state index contributed by atoms with van der Waals surface area (Å²) in [5.74, 6) is 0. The third-order valence-corrected chi connectivity index (χ3v) is 4.86. The topological polar surface area (TPSA) is 75.4 Å². The molecule has 0 saturated carbocycles. The Labute approximate surface area is 108 Å². The van der Waals surface area contributed by atoms with Gasteiger partial charge in [-0.25, -0.2) is 0 Å². The van der Waals surface area contributed by atoms with Crippen molar-refractivity contribution in [3.05, 3.63) is 23.3 Å². The van der Waals surface area contributed by atoms with Crippen molar-refractivity contribution in [2.24, 2.45) is 0 Å². The first-order chi connectivity index (χ1) is 8.42. The number of nitrogens with two attached hydrogens (primary N) is 1. The lowest BCUT2D eigenvalue weighted by Gasteiger charge is -2.20. The molecule has 2 rings (SSSR count). The van der Waals surface area contributed by atoms with Gasteiger partial charge in [0.05, 0.1) is 5.69 Å². The van der Waals surface area contributed by atoms with E-state index in [1.807, 2.05) is 19.9 Å². The largest absolute Gasteiger partial charge is 0.398 e. The molecule has 1 aromatic carbocycles. The summed E-state index contributed by atoms with van der Waals surface area (Å²) >= 11 is 0. The third kappa shape index (κ3) is 2.44. The summed E-state index contributed by atoms with van der Waals surface area (Å²) in [5, 5.41) is 0. The maximum atomic E-state index is 12.2. The molecule has 6 heteroatoms. The molecule has 1 fully saturated rings. The van der Waals surface area contributed by atoms with Crippen LogP contribution in [0.25, 0.3) is 0 Å². The zero-order chi connectivity index (χ0) is 13.3. The van der Waals surface area contributed by atoms with Gasteiger partial charge >= 0.3 is 10.2 Å². The Morgan fingerprint density at radius 2 is 1.83 bits per heavy atom. The van der Waals surface area contributed by atoms with Crippen LogP contribution in [0.3, 0.4) is 0 Å². The summed E-state index contributed by atoms with van der Waals surface area (Å²) in [6.07, 6.45) is 1.85. The average Bonchev–Trinajstić information content (AvgIpc) is 2.84. The lowest BCUT2D eigenvalue weighted by molar-refractivity contribution is 0.482. The number of anilines is 2. The van der Waals surface area contributed by atoms with Gasteiger partial charge in [0.1, 0.15) is 0 Å². The van der Waals surface area contributed by atoms with Crippen molar-refractivity contribution in [2.45, 2.75) is 26.7 Å². The number of hydrogen-bond acceptors (Lipinski definition) is 3. The lowest BCUT2D eigenvalue weighted by atomic mass is 10.1. The molecule has 0 aromatic heterocycles. The molecule has 3 N–H and O–H groups in total. The van der Waals surface area contributed by atoms with Crippen molar-refractivity contribution in [2.75, 3.05) is 23.5 Å². The molecule has 1 heterocycles. The van der Waals surface area contributed by atoms with Crippen LogP contribution < -0.4 is 10.5 Å². The van der Waals surface area contributed by atoms with Crippen LogP contribution in [-0.4, -0.2) is 25.8 Å². The first kappa shape index (κ1) is 13.2. The van der Waals surface area contributed by atoms with E-state index in [-0.39, 0.29) is 0 Å². The van der Waals surface area contributed by atoms with Gasteiger partial charge in [-0.15, -0.1) is 0 Å². The summed E-state index contributed by atoms with van der Waals surface area (Å²) in [6.45, 7) is 4.88. The highest BCUT2D eigenvalue weighted by Crippen LogP contribution is 2.27. The summed E-state index contributed by atoms with van der Waals surface area (Å²) in [6, 6.07) is 3.61. The first-order valence-electron chi connectivity index (χ1n) is 6.05. The van der Waals surface area contributed by atoms with E-state index in [9.17, 15) is 8.42 Å². The molecule has 0 aliphatic carbocycles. The Hall–Kier alpha value is -1.27. The van der Waals surface area contributed by atoms with Gasteiger partial charge < -0.3 is 5.73 Å². The van der Waals surface area contributed by atoms with Crippen molar-refractivity contribution in [3.63, 3.8) is 0 Å². The van der Waals surface area contributed by atoms with Crippen molar-refractivity contribution in [1.82, 2.24) is 4.31 Å². The minimum Gasteiger partial charge on any atom is -0.398 e. The molecule has 0 radical (unpaired) electrons. The number of nitrogens with zero attached hydrogens (tertiary/aromatic N) is 1. The Balaban J connectivity index is 2.31. The van der Waals surface area contributed by atoms with Crippen LogP contribution in [0.4, 0.5) is 11.4 Å². The van der Waals surface area contributed by atoms with Gasteiger partial charge in [-0.3, -0.25) is 4.72 Å². The second kappa shape index (κ2) is 4.78. The second-order valence-corrected chi connectivity index (χ2v) is 6.36. The molecule has 5 nitrogen and oxygen atoms in total. The van der Waals surface area contributed by atoms with Gasteiger partial charge in [0.25, 0.3) is 0 Å². The van der Waals surface area contributed by atoms with Crippen molar-refractivity contribution >= 4 is 21.6 Å². The highest BCUT2D eigenvalue weighted by atomic mass is 32.2. The molecule has 1 saturated heterocycles. The SMILES string of the molecule is Cc1ccc(N)c(C)c1NS(=O)(=O)N1CCCC1. The van der Waals surface area contributed by atoms with E-state index in [2.05, 4.69) is 4.72 Å². The standard InChI is InChI=1S/C12H19N3O2S/c1-9-5-6-11(13)10(2)12(9)14-18(16,17)15-7-3-4-8-15/h5-6,14H,3-4,7-8,13H2,1-2H3. The molecular weight excluding hydrogens is 250 g/mol. The van der Waals surface area contributed by atoms with Crippen LogP contribution in [-0.2, 0) is 10.2 Å². The molecule has 100 valence electrons. The molecule has 1 aliphatic heterocycles. The van der Waals surface area contributed by atoms with E-state index >= 15 is 0 Å². The number of hydrogen-bond donors (Lipinski definition) is 2. The minimum atomic E-state index is -3.45. The van der Waals surface area contributed by atoms with Crippen LogP contribution in [0.5, 0.6) is 0 Å². The smallest absolute Gasteiger partial charge is 0.301 e. The molecule has 0 bridgehead atoms. The van der Waals surface area contributed by atoms with E-state index in [1.54, 1.807) is 6.07 Å². The fourth-order valence-corrected chi connectivity index (χ4v) is 3.58. The molecular formula is C12H19N3O2S. The third-order valence-electron chi connectivity index (χ3n) is 3.35. The van der Waals surface area contributed by atoms with E-state index in [4.69, 9.17) is 5.73 Å². The molecule has 1 aliphatic rings. The fourth-order valence-electron chi connectivity index (χ4n) is 2.14. The summed E-state index contributed by atoms with van der Waals surface area (Å²) in [4.78, 5) is 0. The molecule has 18 heavy (non-hydrogen) atoms. The maximum Gasteiger partial charge on any atom is 0.301 e. The Morgan fingerprint density at radius 3 is 2.44 bits per heavy atom. The highest BCUT2D eigenvalue weighted by molar-refractivity contribution is 7.90. The monoisotopic (exact) mass is 269 g/mol. The molecule has 0 amide bonds. The van der Waals surface area contributed by atoms with Crippen LogP contribution in [0.2, 0.25) is 0 Å². The summed E-state index contributed by atoms with van der Waals surface area (Å²) < 4.78 is 28.5. The predicted molar refractivity (Wildman–Crippen MR) is 73.7 cm³/mol. The van der Waals surface area contributed by atoms with Crippen molar-refractivity contribution in [3.8, 4) is 0 Å². The van der Waals surface area contributed by atoms with Gasteiger partial charge in [-0.1, -0.05) is 6.07 Å². The normalized spacial score (nSPS) is 17.0. The maximum absolute atomic E-state index is 12.2. The van der Waals surface area contributed by atoms with Gasteiger partial charge in [-0.05, 0) is 43.9 Å². The van der Waals surface area contributed by atoms with Gasteiger partial charge in [0.2, 0.25) is 0 Å². The van der Waals surface area contributed by atoms with Crippen molar-refractivity contribution < 1.29 is 8.42 Å². The number of benzene rings is 1. The van der Waals surface area contributed by atoms with Gasteiger partial charge in [0, 0.05) is 18.8 Å². The van der Waals surface area contributed by atoms with Gasteiger partial charge in [0.15, 0.2) is 0 Å². The molecule has 0 unspecified atom stereocenters. The average molecular weight is 269 g/mol. The Bertz CT molecular complexity index is 549. The first-order valence-corrected chi connectivity index (χ1v) is 7.49. The van der Waals surface area contributed by atoms with Crippen molar-refractivity contribution in [1.29, 1.82) is 0 Å². The van der Waals surface area contributed by atoms with E-state index in [1.165, 1.54) is 4.31 Å². The summed E-state index contributed by atoms with van der Waals surface area (Å²) in [7, 11) is -3.45. The highest BCUT2D eigenvalue weighted by Gasteiger charge is 2.26. The van der Waals surface area contributed by atoms with Crippen LogP contribution in [0.1, 0.15) is 24.0 Å². The number of aryl methyl sites for hydroxylation is 1. The molecule has 1 aromatic rings. The fraction of sp³-hybridized carbons (Fsp3) is 0.500. The van der Waals surface area contributed by atoms with Crippen LogP contribution in [0.15, 0.2) is 12.1 Å².